The van der Waals surface area contributed by atoms with Crippen molar-refractivity contribution < 1.29 is 9.53 Å². The first-order valence-electron chi connectivity index (χ1n) is 6.91. The number of esters is 1. The average molecular weight is 294 g/mol. The monoisotopic (exact) mass is 293 g/mol. The molecular formula is C16H20ClNO2. The molecule has 1 N–H and O–H groups in total. The van der Waals surface area contributed by atoms with Gasteiger partial charge in [0.1, 0.15) is 6.61 Å². The molecule has 2 unspecified atom stereocenters. The molecule has 1 aromatic carbocycles. The minimum atomic E-state index is -0.316. The summed E-state index contributed by atoms with van der Waals surface area (Å²) < 4.78 is 5.07. The van der Waals surface area contributed by atoms with E-state index in [1.54, 1.807) is 6.08 Å². The molecule has 1 aromatic rings. The summed E-state index contributed by atoms with van der Waals surface area (Å²) in [5.74, 6) is -0.0981. The third kappa shape index (κ3) is 3.41. The standard InChI is InChI=1S/C16H20ClNO2/c1-3-8-20-16(19)11(2)12-4-5-14(15(17)9-12)13-6-7-18-10-13/h3-5,9,11,13,18H,1,6-8,10H2,2H3. The lowest BCUT2D eigenvalue weighted by Gasteiger charge is -2.15. The molecule has 1 saturated heterocycles. The van der Waals surface area contributed by atoms with Crippen molar-refractivity contribution in [2.75, 3.05) is 19.7 Å². The Morgan fingerprint density at radius 2 is 2.45 bits per heavy atom. The third-order valence-electron chi connectivity index (χ3n) is 3.72. The van der Waals surface area contributed by atoms with E-state index in [1.807, 2.05) is 25.1 Å². The van der Waals surface area contributed by atoms with Crippen molar-refractivity contribution in [2.45, 2.75) is 25.2 Å². The molecule has 0 bridgehead atoms. The van der Waals surface area contributed by atoms with Crippen LogP contribution in [0.25, 0.3) is 0 Å². The molecule has 0 aliphatic carbocycles. The summed E-state index contributed by atoms with van der Waals surface area (Å²) in [7, 11) is 0. The molecule has 1 heterocycles. The van der Waals surface area contributed by atoms with Crippen LogP contribution in [0.3, 0.4) is 0 Å². The van der Waals surface area contributed by atoms with Gasteiger partial charge >= 0.3 is 5.97 Å². The number of hydrogen-bond donors (Lipinski definition) is 1. The first kappa shape index (κ1) is 15.1. The van der Waals surface area contributed by atoms with Crippen molar-refractivity contribution in [3.8, 4) is 0 Å². The van der Waals surface area contributed by atoms with Gasteiger partial charge in [-0.1, -0.05) is 36.4 Å². The highest BCUT2D eigenvalue weighted by atomic mass is 35.5. The summed E-state index contributed by atoms with van der Waals surface area (Å²) in [5, 5.41) is 4.07. The number of nitrogens with one attached hydrogen (secondary N) is 1. The molecule has 2 rings (SSSR count). The van der Waals surface area contributed by atoms with Crippen LogP contribution >= 0.6 is 11.6 Å². The van der Waals surface area contributed by atoms with Gasteiger partial charge in [0, 0.05) is 11.6 Å². The van der Waals surface area contributed by atoms with Gasteiger partial charge in [-0.3, -0.25) is 4.79 Å². The molecule has 4 heteroatoms. The average Bonchev–Trinajstić information content (AvgIpc) is 2.97. The van der Waals surface area contributed by atoms with Crippen LogP contribution < -0.4 is 5.32 Å². The van der Waals surface area contributed by atoms with Crippen molar-refractivity contribution in [3.63, 3.8) is 0 Å². The van der Waals surface area contributed by atoms with E-state index in [1.165, 1.54) is 0 Å². The van der Waals surface area contributed by atoms with Crippen LogP contribution in [0, 0.1) is 0 Å². The number of rotatable bonds is 5. The summed E-state index contributed by atoms with van der Waals surface area (Å²) in [6.45, 7) is 7.60. The Morgan fingerprint density at radius 3 is 3.05 bits per heavy atom. The van der Waals surface area contributed by atoms with E-state index in [4.69, 9.17) is 16.3 Å². The number of carbonyl (C=O) groups excluding carboxylic acids is 1. The predicted octanol–water partition coefficient (Wildman–Crippen LogP) is 3.25. The summed E-state index contributed by atoms with van der Waals surface area (Å²) in [5.41, 5.74) is 2.05. The highest BCUT2D eigenvalue weighted by Crippen LogP contribution is 2.31. The molecule has 1 fully saturated rings. The maximum absolute atomic E-state index is 11.8. The molecule has 0 amide bonds. The van der Waals surface area contributed by atoms with E-state index in [9.17, 15) is 4.79 Å². The van der Waals surface area contributed by atoms with Crippen molar-refractivity contribution in [3.05, 3.63) is 47.0 Å². The van der Waals surface area contributed by atoms with Gasteiger partial charge in [-0.25, -0.2) is 0 Å². The molecule has 2 atom stereocenters. The second-order valence-electron chi connectivity index (χ2n) is 5.11. The smallest absolute Gasteiger partial charge is 0.313 e. The zero-order chi connectivity index (χ0) is 14.5. The minimum absolute atomic E-state index is 0.239. The molecule has 20 heavy (non-hydrogen) atoms. The van der Waals surface area contributed by atoms with Crippen LogP contribution in [-0.4, -0.2) is 25.7 Å². The summed E-state index contributed by atoms with van der Waals surface area (Å²) >= 11 is 6.37. The van der Waals surface area contributed by atoms with E-state index >= 15 is 0 Å². The molecule has 0 aromatic heterocycles. The topological polar surface area (TPSA) is 38.3 Å². The fourth-order valence-electron chi connectivity index (χ4n) is 2.47. The van der Waals surface area contributed by atoms with Gasteiger partial charge in [-0.15, -0.1) is 0 Å². The van der Waals surface area contributed by atoms with E-state index in [2.05, 4.69) is 11.9 Å². The molecule has 108 valence electrons. The second kappa shape index (κ2) is 6.91. The van der Waals surface area contributed by atoms with Gasteiger partial charge < -0.3 is 10.1 Å². The number of carbonyl (C=O) groups is 1. The predicted molar refractivity (Wildman–Crippen MR) is 81.3 cm³/mol. The summed E-state index contributed by atoms with van der Waals surface area (Å²) in [6.07, 6.45) is 2.67. The molecular weight excluding hydrogens is 274 g/mol. The molecule has 1 aliphatic rings. The maximum atomic E-state index is 11.8. The molecule has 0 saturated carbocycles. The number of benzene rings is 1. The lowest BCUT2D eigenvalue weighted by molar-refractivity contribution is -0.143. The highest BCUT2D eigenvalue weighted by molar-refractivity contribution is 6.31. The fourth-order valence-corrected chi connectivity index (χ4v) is 2.81. The Labute approximate surface area is 125 Å². The Morgan fingerprint density at radius 1 is 1.65 bits per heavy atom. The lowest BCUT2D eigenvalue weighted by atomic mass is 9.94. The quantitative estimate of drug-likeness (QED) is 0.669. The van der Waals surface area contributed by atoms with Crippen LogP contribution in [0.1, 0.15) is 36.3 Å². The maximum Gasteiger partial charge on any atom is 0.313 e. The van der Waals surface area contributed by atoms with Gasteiger partial charge in [0.05, 0.1) is 5.92 Å². The van der Waals surface area contributed by atoms with Crippen LogP contribution in [0.5, 0.6) is 0 Å². The first-order chi connectivity index (χ1) is 9.63. The lowest BCUT2D eigenvalue weighted by Crippen LogP contribution is -2.13. The van der Waals surface area contributed by atoms with Crippen LogP contribution in [0.15, 0.2) is 30.9 Å². The van der Waals surface area contributed by atoms with E-state index < -0.39 is 0 Å². The summed E-state index contributed by atoms with van der Waals surface area (Å²) in [6, 6.07) is 5.89. The van der Waals surface area contributed by atoms with Crippen molar-refractivity contribution in [1.82, 2.24) is 5.32 Å². The van der Waals surface area contributed by atoms with Crippen molar-refractivity contribution >= 4 is 17.6 Å². The van der Waals surface area contributed by atoms with E-state index in [-0.39, 0.29) is 18.5 Å². The van der Waals surface area contributed by atoms with Gasteiger partial charge in [-0.2, -0.15) is 0 Å². The van der Waals surface area contributed by atoms with E-state index in [0.29, 0.717) is 5.92 Å². The fraction of sp³-hybridized carbons (Fsp3) is 0.438. The van der Waals surface area contributed by atoms with Gasteiger partial charge in [0.25, 0.3) is 0 Å². The largest absolute Gasteiger partial charge is 0.461 e. The van der Waals surface area contributed by atoms with E-state index in [0.717, 1.165) is 35.7 Å². The molecule has 3 nitrogen and oxygen atoms in total. The SMILES string of the molecule is C=CCOC(=O)C(C)c1ccc(C2CCNC2)c(Cl)c1. The number of halogens is 1. The third-order valence-corrected chi connectivity index (χ3v) is 4.05. The van der Waals surface area contributed by atoms with Gasteiger partial charge in [0.15, 0.2) is 0 Å². The Bertz CT molecular complexity index is 495. The van der Waals surface area contributed by atoms with Crippen molar-refractivity contribution in [1.29, 1.82) is 0 Å². The second-order valence-corrected chi connectivity index (χ2v) is 5.52. The zero-order valence-corrected chi connectivity index (χ0v) is 12.5. The number of hydrogen-bond acceptors (Lipinski definition) is 3. The van der Waals surface area contributed by atoms with Gasteiger partial charge in [-0.05, 0) is 43.0 Å². The molecule has 1 aliphatic heterocycles. The van der Waals surface area contributed by atoms with Crippen LogP contribution in [0.2, 0.25) is 5.02 Å². The Hall–Kier alpha value is -1.32. The first-order valence-corrected chi connectivity index (χ1v) is 7.29. The normalized spacial score (nSPS) is 19.6. The molecule has 0 radical (unpaired) electrons. The minimum Gasteiger partial charge on any atom is -0.461 e. The molecule has 0 spiro atoms. The van der Waals surface area contributed by atoms with Gasteiger partial charge in [0.2, 0.25) is 0 Å². The summed E-state index contributed by atoms with van der Waals surface area (Å²) in [4.78, 5) is 11.8. The number of ether oxygens (including phenoxy) is 1. The zero-order valence-electron chi connectivity index (χ0n) is 11.7. The Balaban J connectivity index is 2.11. The van der Waals surface area contributed by atoms with Crippen molar-refractivity contribution in [2.24, 2.45) is 0 Å². The highest BCUT2D eigenvalue weighted by Gasteiger charge is 2.22. The van der Waals surface area contributed by atoms with Crippen LogP contribution in [-0.2, 0) is 9.53 Å². The van der Waals surface area contributed by atoms with Crippen LogP contribution in [0.4, 0.5) is 0 Å². The Kier molecular flexibility index (Phi) is 5.21.